The summed E-state index contributed by atoms with van der Waals surface area (Å²) in [4.78, 5) is 12.0. The highest BCUT2D eigenvalue weighted by Gasteiger charge is 2.21. The molecule has 102 valence electrons. The predicted octanol–water partition coefficient (Wildman–Crippen LogP) is 3.75. The van der Waals surface area contributed by atoms with Crippen LogP contribution in [0.25, 0.3) is 6.08 Å². The molecular formula is C18H19NO. The molecule has 0 saturated carbocycles. The molecule has 1 N–H and O–H groups in total. The standard InChI is InChI=1S/C18H19NO/c1-18(2,16-11-7-4-8-12-16)19-17(20)14-13-15-9-5-3-6-10-15/h3-14H,1-2H3,(H,19,20). The fourth-order valence-corrected chi connectivity index (χ4v) is 2.01. The molecule has 1 amide bonds. The summed E-state index contributed by atoms with van der Waals surface area (Å²) < 4.78 is 0. The topological polar surface area (TPSA) is 29.1 Å². The van der Waals surface area contributed by atoms with Crippen LogP contribution < -0.4 is 5.32 Å². The summed E-state index contributed by atoms with van der Waals surface area (Å²) >= 11 is 0. The van der Waals surface area contributed by atoms with Gasteiger partial charge in [-0.15, -0.1) is 0 Å². The first-order chi connectivity index (χ1) is 9.58. The van der Waals surface area contributed by atoms with E-state index < -0.39 is 0 Å². The zero-order valence-corrected chi connectivity index (χ0v) is 11.8. The van der Waals surface area contributed by atoms with Crippen LogP contribution in [0, 0.1) is 0 Å². The number of benzene rings is 2. The van der Waals surface area contributed by atoms with Gasteiger partial charge in [0.05, 0.1) is 5.54 Å². The van der Waals surface area contributed by atoms with E-state index >= 15 is 0 Å². The molecule has 0 heterocycles. The molecule has 2 aromatic rings. The van der Waals surface area contributed by atoms with Crippen LogP contribution in [0.15, 0.2) is 66.7 Å². The van der Waals surface area contributed by atoms with E-state index in [1.54, 1.807) is 6.08 Å². The highest BCUT2D eigenvalue weighted by molar-refractivity contribution is 5.92. The van der Waals surface area contributed by atoms with Gasteiger partial charge in [0.15, 0.2) is 0 Å². The summed E-state index contributed by atoms with van der Waals surface area (Å²) in [5.41, 5.74) is 1.71. The van der Waals surface area contributed by atoms with E-state index in [1.165, 1.54) is 0 Å². The van der Waals surface area contributed by atoms with Crippen molar-refractivity contribution in [3.63, 3.8) is 0 Å². The van der Waals surface area contributed by atoms with Gasteiger partial charge in [-0.3, -0.25) is 4.79 Å². The first-order valence-corrected chi connectivity index (χ1v) is 6.69. The molecule has 0 bridgehead atoms. The van der Waals surface area contributed by atoms with Crippen LogP contribution >= 0.6 is 0 Å². The monoisotopic (exact) mass is 265 g/mol. The molecule has 0 aliphatic rings. The van der Waals surface area contributed by atoms with Gasteiger partial charge >= 0.3 is 0 Å². The Bertz CT molecular complexity index is 585. The molecule has 0 saturated heterocycles. The van der Waals surface area contributed by atoms with Crippen molar-refractivity contribution in [3.8, 4) is 0 Å². The van der Waals surface area contributed by atoms with Gasteiger partial charge in [-0.05, 0) is 31.1 Å². The fourth-order valence-electron chi connectivity index (χ4n) is 2.01. The van der Waals surface area contributed by atoms with Crippen LogP contribution in [0.5, 0.6) is 0 Å². The normalized spacial score (nSPS) is 11.5. The van der Waals surface area contributed by atoms with Gasteiger partial charge in [-0.1, -0.05) is 60.7 Å². The van der Waals surface area contributed by atoms with Crippen LogP contribution in [0.1, 0.15) is 25.0 Å². The molecule has 0 aromatic heterocycles. The van der Waals surface area contributed by atoms with Crippen LogP contribution in [-0.2, 0) is 10.3 Å². The quantitative estimate of drug-likeness (QED) is 0.838. The molecule has 0 spiro atoms. The molecule has 0 radical (unpaired) electrons. The molecule has 2 aromatic carbocycles. The second kappa shape index (κ2) is 6.20. The van der Waals surface area contributed by atoms with Crippen molar-refractivity contribution in [2.24, 2.45) is 0 Å². The van der Waals surface area contributed by atoms with Gasteiger partial charge in [0.1, 0.15) is 0 Å². The Hall–Kier alpha value is -2.35. The Morgan fingerprint density at radius 2 is 1.50 bits per heavy atom. The molecule has 0 atom stereocenters. The van der Waals surface area contributed by atoms with E-state index in [-0.39, 0.29) is 11.4 Å². The van der Waals surface area contributed by atoms with E-state index in [1.807, 2.05) is 80.6 Å². The number of carbonyl (C=O) groups excluding carboxylic acids is 1. The predicted molar refractivity (Wildman–Crippen MR) is 83.1 cm³/mol. The molecule has 2 nitrogen and oxygen atoms in total. The fraction of sp³-hybridized carbons (Fsp3) is 0.167. The lowest BCUT2D eigenvalue weighted by Crippen LogP contribution is -2.40. The molecule has 0 unspecified atom stereocenters. The van der Waals surface area contributed by atoms with Crippen LogP contribution in [-0.4, -0.2) is 5.91 Å². The number of hydrogen-bond donors (Lipinski definition) is 1. The molecule has 20 heavy (non-hydrogen) atoms. The SMILES string of the molecule is CC(C)(NC(=O)C=Cc1ccccc1)c1ccccc1. The van der Waals surface area contributed by atoms with E-state index in [9.17, 15) is 4.79 Å². The highest BCUT2D eigenvalue weighted by Crippen LogP contribution is 2.19. The minimum Gasteiger partial charge on any atom is -0.344 e. The van der Waals surface area contributed by atoms with Crippen LogP contribution in [0.4, 0.5) is 0 Å². The summed E-state index contributed by atoms with van der Waals surface area (Å²) in [6.07, 6.45) is 3.39. The largest absolute Gasteiger partial charge is 0.344 e. The number of carbonyl (C=O) groups is 1. The summed E-state index contributed by atoms with van der Waals surface area (Å²) in [5.74, 6) is -0.0947. The van der Waals surface area contributed by atoms with E-state index in [0.717, 1.165) is 11.1 Å². The van der Waals surface area contributed by atoms with Gasteiger partial charge in [-0.2, -0.15) is 0 Å². The zero-order valence-electron chi connectivity index (χ0n) is 11.8. The van der Waals surface area contributed by atoms with Crippen molar-refractivity contribution in [2.45, 2.75) is 19.4 Å². The van der Waals surface area contributed by atoms with Crippen LogP contribution in [0.3, 0.4) is 0 Å². The number of nitrogens with one attached hydrogen (secondary N) is 1. The first-order valence-electron chi connectivity index (χ1n) is 6.69. The number of rotatable bonds is 4. The Morgan fingerprint density at radius 1 is 0.950 bits per heavy atom. The minimum absolute atomic E-state index is 0.0947. The van der Waals surface area contributed by atoms with E-state index in [0.29, 0.717) is 0 Å². The molecule has 2 rings (SSSR count). The van der Waals surface area contributed by atoms with Crippen molar-refractivity contribution in [2.75, 3.05) is 0 Å². The minimum atomic E-state index is -0.390. The Labute approximate surface area is 120 Å². The Morgan fingerprint density at radius 3 is 2.10 bits per heavy atom. The second-order valence-electron chi connectivity index (χ2n) is 5.22. The third-order valence-electron chi connectivity index (χ3n) is 3.16. The number of hydrogen-bond acceptors (Lipinski definition) is 1. The average molecular weight is 265 g/mol. The lowest BCUT2D eigenvalue weighted by atomic mass is 9.94. The first kappa shape index (κ1) is 14.1. The summed E-state index contributed by atoms with van der Waals surface area (Å²) in [6, 6.07) is 19.7. The highest BCUT2D eigenvalue weighted by atomic mass is 16.1. The Kier molecular flexibility index (Phi) is 4.36. The molecule has 0 aliphatic carbocycles. The number of amides is 1. The third-order valence-corrected chi connectivity index (χ3v) is 3.16. The summed E-state index contributed by atoms with van der Waals surface area (Å²) in [5, 5.41) is 3.02. The van der Waals surface area contributed by atoms with Crippen LogP contribution in [0.2, 0.25) is 0 Å². The van der Waals surface area contributed by atoms with Gasteiger partial charge in [0.25, 0.3) is 0 Å². The summed E-state index contributed by atoms with van der Waals surface area (Å²) in [6.45, 7) is 3.99. The maximum atomic E-state index is 12.0. The maximum Gasteiger partial charge on any atom is 0.244 e. The smallest absolute Gasteiger partial charge is 0.244 e. The van der Waals surface area contributed by atoms with Crippen molar-refractivity contribution in [1.82, 2.24) is 5.32 Å². The zero-order chi connectivity index (χ0) is 14.4. The van der Waals surface area contributed by atoms with Gasteiger partial charge in [0, 0.05) is 6.08 Å². The summed E-state index contributed by atoms with van der Waals surface area (Å²) in [7, 11) is 0. The maximum absolute atomic E-state index is 12.0. The van der Waals surface area contributed by atoms with Crippen molar-refractivity contribution < 1.29 is 4.79 Å². The second-order valence-corrected chi connectivity index (χ2v) is 5.22. The molecule has 0 fully saturated rings. The molecule has 2 heteroatoms. The lowest BCUT2D eigenvalue weighted by Gasteiger charge is -2.26. The van der Waals surface area contributed by atoms with Gasteiger partial charge < -0.3 is 5.32 Å². The average Bonchev–Trinajstić information content (AvgIpc) is 2.47. The van der Waals surface area contributed by atoms with E-state index in [2.05, 4.69) is 5.32 Å². The lowest BCUT2D eigenvalue weighted by molar-refractivity contribution is -0.118. The Balaban J connectivity index is 2.03. The van der Waals surface area contributed by atoms with Gasteiger partial charge in [0.2, 0.25) is 5.91 Å². The van der Waals surface area contributed by atoms with Crippen molar-refractivity contribution in [1.29, 1.82) is 0 Å². The van der Waals surface area contributed by atoms with Gasteiger partial charge in [-0.25, -0.2) is 0 Å². The van der Waals surface area contributed by atoms with Crippen molar-refractivity contribution in [3.05, 3.63) is 77.9 Å². The third kappa shape index (κ3) is 3.82. The van der Waals surface area contributed by atoms with E-state index in [4.69, 9.17) is 0 Å². The van der Waals surface area contributed by atoms with Crippen molar-refractivity contribution >= 4 is 12.0 Å². The molecular weight excluding hydrogens is 246 g/mol. The molecule has 0 aliphatic heterocycles.